The third-order valence-electron chi connectivity index (χ3n) is 4.57. The summed E-state index contributed by atoms with van der Waals surface area (Å²) in [7, 11) is 0. The van der Waals surface area contributed by atoms with Crippen molar-refractivity contribution >= 4 is 17.5 Å². The van der Waals surface area contributed by atoms with Crippen LogP contribution in [-0.2, 0) is 4.74 Å². The molecule has 0 aliphatic carbocycles. The molecule has 0 unspecified atom stereocenters. The van der Waals surface area contributed by atoms with Gasteiger partial charge in [-0.1, -0.05) is 18.2 Å². The second-order valence-corrected chi connectivity index (χ2v) is 6.41. The fraction of sp³-hybridized carbons (Fsp3) is 0.190. The number of nitrogens with zero attached hydrogens (tertiary/aromatic N) is 3. The summed E-state index contributed by atoms with van der Waals surface area (Å²) in [6, 6.07) is 16.0. The molecule has 0 radical (unpaired) electrons. The van der Waals surface area contributed by atoms with Crippen LogP contribution in [0.1, 0.15) is 20.7 Å². The molecule has 0 spiro atoms. The summed E-state index contributed by atoms with van der Waals surface area (Å²) in [5.41, 5.74) is 2.29. The van der Waals surface area contributed by atoms with E-state index >= 15 is 0 Å². The van der Waals surface area contributed by atoms with Gasteiger partial charge in [0.25, 0.3) is 11.8 Å². The molecule has 28 heavy (non-hydrogen) atoms. The van der Waals surface area contributed by atoms with Gasteiger partial charge in [-0.25, -0.2) is 4.68 Å². The van der Waals surface area contributed by atoms with Crippen LogP contribution in [0.2, 0.25) is 0 Å². The molecule has 2 aromatic carbocycles. The number of morpholine rings is 1. The molecule has 1 saturated heterocycles. The quantitative estimate of drug-likeness (QED) is 0.759. The molecule has 0 bridgehead atoms. The van der Waals surface area contributed by atoms with Crippen molar-refractivity contribution in [2.45, 2.75) is 0 Å². The molecular weight excluding hydrogens is 356 g/mol. The van der Waals surface area contributed by atoms with Crippen LogP contribution >= 0.6 is 0 Å². The van der Waals surface area contributed by atoms with Crippen molar-refractivity contribution in [2.75, 3.05) is 31.6 Å². The largest absolute Gasteiger partial charge is 0.378 e. The standard InChI is InChI=1S/C21H20N4O3/c26-20(18-7-1-2-8-19(18)25-10-4-9-22-25)23-17-6-3-5-16(15-17)21(27)24-11-13-28-14-12-24/h1-10,15H,11-14H2,(H,23,26). The summed E-state index contributed by atoms with van der Waals surface area (Å²) in [6.45, 7) is 2.25. The maximum Gasteiger partial charge on any atom is 0.257 e. The normalized spacial score (nSPS) is 13.9. The fourth-order valence-electron chi connectivity index (χ4n) is 3.15. The minimum atomic E-state index is -0.262. The number of aromatic nitrogens is 2. The number of ether oxygens (including phenoxy) is 1. The van der Waals surface area contributed by atoms with Crippen LogP contribution in [0.4, 0.5) is 5.69 Å². The van der Waals surface area contributed by atoms with Crippen LogP contribution in [0.15, 0.2) is 67.0 Å². The SMILES string of the molecule is O=C(Nc1cccc(C(=O)N2CCOCC2)c1)c1ccccc1-n1cccn1. The van der Waals surface area contributed by atoms with E-state index in [1.807, 2.05) is 12.1 Å². The topological polar surface area (TPSA) is 76.5 Å². The van der Waals surface area contributed by atoms with E-state index in [2.05, 4.69) is 10.4 Å². The summed E-state index contributed by atoms with van der Waals surface area (Å²) in [4.78, 5) is 27.3. The zero-order chi connectivity index (χ0) is 19.3. The Labute approximate surface area is 162 Å². The van der Waals surface area contributed by atoms with Crippen LogP contribution in [0.3, 0.4) is 0 Å². The molecule has 7 heteroatoms. The van der Waals surface area contributed by atoms with Crippen LogP contribution in [0.25, 0.3) is 5.69 Å². The van der Waals surface area contributed by atoms with Crippen LogP contribution in [-0.4, -0.2) is 52.8 Å². The smallest absolute Gasteiger partial charge is 0.257 e. The van der Waals surface area contributed by atoms with E-state index in [9.17, 15) is 9.59 Å². The highest BCUT2D eigenvalue weighted by atomic mass is 16.5. The Morgan fingerprint density at radius 1 is 1.00 bits per heavy atom. The molecular formula is C21H20N4O3. The van der Waals surface area contributed by atoms with Crippen LogP contribution in [0, 0.1) is 0 Å². The molecule has 2 amide bonds. The van der Waals surface area contributed by atoms with E-state index < -0.39 is 0 Å². The number of anilines is 1. The number of nitrogens with one attached hydrogen (secondary N) is 1. The number of amides is 2. The Morgan fingerprint density at radius 2 is 1.82 bits per heavy atom. The van der Waals surface area contributed by atoms with Crippen molar-refractivity contribution in [1.82, 2.24) is 14.7 Å². The van der Waals surface area contributed by atoms with Crippen molar-refractivity contribution in [3.8, 4) is 5.69 Å². The monoisotopic (exact) mass is 376 g/mol. The lowest BCUT2D eigenvalue weighted by Gasteiger charge is -2.27. The van der Waals surface area contributed by atoms with Gasteiger partial charge in [0.05, 0.1) is 24.5 Å². The van der Waals surface area contributed by atoms with Crippen molar-refractivity contribution in [1.29, 1.82) is 0 Å². The van der Waals surface area contributed by atoms with Gasteiger partial charge in [-0.2, -0.15) is 5.10 Å². The van der Waals surface area contributed by atoms with Crippen molar-refractivity contribution < 1.29 is 14.3 Å². The van der Waals surface area contributed by atoms with E-state index in [1.165, 1.54) is 0 Å². The molecule has 1 N–H and O–H groups in total. The highest BCUT2D eigenvalue weighted by Crippen LogP contribution is 2.18. The van der Waals surface area contributed by atoms with Gasteiger partial charge >= 0.3 is 0 Å². The molecule has 0 saturated carbocycles. The number of carbonyl (C=O) groups is 2. The Balaban J connectivity index is 1.54. The fourth-order valence-corrected chi connectivity index (χ4v) is 3.15. The number of hydrogen-bond donors (Lipinski definition) is 1. The van der Waals surface area contributed by atoms with E-state index in [1.54, 1.807) is 64.4 Å². The lowest BCUT2D eigenvalue weighted by atomic mass is 10.1. The lowest BCUT2D eigenvalue weighted by Crippen LogP contribution is -2.40. The molecule has 1 aromatic heterocycles. The molecule has 3 aromatic rings. The van der Waals surface area contributed by atoms with Crippen molar-refractivity contribution in [3.05, 3.63) is 78.1 Å². The average molecular weight is 376 g/mol. The first-order valence-corrected chi connectivity index (χ1v) is 9.10. The first-order valence-electron chi connectivity index (χ1n) is 9.10. The Morgan fingerprint density at radius 3 is 2.61 bits per heavy atom. The number of hydrogen-bond acceptors (Lipinski definition) is 4. The predicted octanol–water partition coefficient (Wildman–Crippen LogP) is 2.60. The van der Waals surface area contributed by atoms with Gasteiger partial charge < -0.3 is 15.0 Å². The highest BCUT2D eigenvalue weighted by Gasteiger charge is 2.19. The first-order chi connectivity index (χ1) is 13.7. The predicted molar refractivity (Wildman–Crippen MR) is 105 cm³/mol. The number of carbonyl (C=O) groups excluding carboxylic acids is 2. The first kappa shape index (κ1) is 17.9. The van der Waals surface area contributed by atoms with Gasteiger partial charge in [0.1, 0.15) is 0 Å². The van der Waals surface area contributed by atoms with Gasteiger partial charge in [0, 0.05) is 36.7 Å². The molecule has 1 aliphatic rings. The van der Waals surface area contributed by atoms with Crippen molar-refractivity contribution in [2.24, 2.45) is 0 Å². The van der Waals surface area contributed by atoms with Gasteiger partial charge in [0.15, 0.2) is 0 Å². The molecule has 142 valence electrons. The lowest BCUT2D eigenvalue weighted by molar-refractivity contribution is 0.0303. The summed E-state index contributed by atoms with van der Waals surface area (Å²) in [5.74, 6) is -0.321. The molecule has 1 aliphatic heterocycles. The van der Waals surface area contributed by atoms with Crippen LogP contribution < -0.4 is 5.32 Å². The third-order valence-corrected chi connectivity index (χ3v) is 4.57. The Kier molecular flexibility index (Phi) is 5.16. The van der Waals surface area contributed by atoms with E-state index in [4.69, 9.17) is 4.74 Å². The third kappa shape index (κ3) is 3.79. The summed E-state index contributed by atoms with van der Waals surface area (Å²) < 4.78 is 6.94. The Hall–Kier alpha value is -3.45. The number of benzene rings is 2. The van der Waals surface area contributed by atoms with Gasteiger partial charge in [-0.15, -0.1) is 0 Å². The average Bonchev–Trinajstić information content (AvgIpc) is 3.29. The molecule has 0 atom stereocenters. The van der Waals surface area contributed by atoms with Crippen LogP contribution in [0.5, 0.6) is 0 Å². The van der Waals surface area contributed by atoms with E-state index in [0.717, 1.165) is 0 Å². The molecule has 7 nitrogen and oxygen atoms in total. The summed E-state index contributed by atoms with van der Waals surface area (Å²) in [5, 5.41) is 7.09. The minimum Gasteiger partial charge on any atom is -0.378 e. The maximum atomic E-state index is 12.8. The van der Waals surface area contributed by atoms with Gasteiger partial charge in [-0.3, -0.25) is 9.59 Å². The maximum absolute atomic E-state index is 12.8. The molecule has 1 fully saturated rings. The van der Waals surface area contributed by atoms with Crippen molar-refractivity contribution in [3.63, 3.8) is 0 Å². The van der Waals surface area contributed by atoms with E-state index in [-0.39, 0.29) is 11.8 Å². The minimum absolute atomic E-state index is 0.0589. The zero-order valence-electron chi connectivity index (χ0n) is 15.2. The van der Waals surface area contributed by atoms with Gasteiger partial charge in [0.2, 0.25) is 0 Å². The second kappa shape index (κ2) is 8.06. The van der Waals surface area contributed by atoms with Gasteiger partial charge in [-0.05, 0) is 36.4 Å². The number of rotatable bonds is 4. The van der Waals surface area contributed by atoms with E-state index in [0.29, 0.717) is 48.8 Å². The highest BCUT2D eigenvalue weighted by molar-refractivity contribution is 6.07. The zero-order valence-corrected chi connectivity index (χ0v) is 15.2. The summed E-state index contributed by atoms with van der Waals surface area (Å²) >= 11 is 0. The summed E-state index contributed by atoms with van der Waals surface area (Å²) in [6.07, 6.45) is 3.45. The Bertz CT molecular complexity index is 979. The number of para-hydroxylation sites is 1. The molecule has 2 heterocycles. The second-order valence-electron chi connectivity index (χ2n) is 6.41. The molecule has 4 rings (SSSR count).